The molecule has 0 amide bonds. The van der Waals surface area contributed by atoms with Gasteiger partial charge in [-0.15, -0.1) is 0 Å². The molecule has 18 heavy (non-hydrogen) atoms. The number of aryl methyl sites for hydroxylation is 1. The molecule has 0 bridgehead atoms. The molecule has 0 radical (unpaired) electrons. The molecule has 0 saturated carbocycles. The number of carbonyl (C=O) groups excluding carboxylic acids is 1. The molecule has 0 unspecified atom stereocenters. The van der Waals surface area contributed by atoms with Crippen molar-refractivity contribution in [3.63, 3.8) is 0 Å². The average molecular weight is 244 g/mol. The van der Waals surface area contributed by atoms with Crippen LogP contribution in [0.25, 0.3) is 0 Å². The van der Waals surface area contributed by atoms with E-state index in [0.717, 1.165) is 11.3 Å². The molecule has 4 heteroatoms. The summed E-state index contributed by atoms with van der Waals surface area (Å²) < 4.78 is 4.84. The normalized spacial score (nSPS) is 9.39. The monoisotopic (exact) mass is 244 g/mol. The molecule has 0 heterocycles. The lowest BCUT2D eigenvalue weighted by molar-refractivity contribution is -0.138. The van der Waals surface area contributed by atoms with Crippen LogP contribution >= 0.6 is 0 Å². The van der Waals surface area contributed by atoms with Gasteiger partial charge in [0.25, 0.3) is 0 Å². The summed E-state index contributed by atoms with van der Waals surface area (Å²) in [4.78, 5) is 11.4. The van der Waals surface area contributed by atoms with E-state index in [1.165, 1.54) is 0 Å². The van der Waals surface area contributed by atoms with Crippen molar-refractivity contribution in [2.24, 2.45) is 0 Å². The number of hydrogen-bond donors (Lipinski definition) is 1. The molecular weight excluding hydrogens is 228 g/mol. The third-order valence-electron chi connectivity index (χ3n) is 2.42. The van der Waals surface area contributed by atoms with Gasteiger partial charge in [-0.2, -0.15) is 5.26 Å². The summed E-state index contributed by atoms with van der Waals surface area (Å²) >= 11 is 0. The number of ether oxygens (including phenoxy) is 1. The van der Waals surface area contributed by atoms with Crippen LogP contribution in [-0.2, 0) is 9.53 Å². The number of nitrogens with one attached hydrogen (secondary N) is 1. The Kier molecular flexibility index (Phi) is 4.94. The molecule has 1 aromatic rings. The van der Waals surface area contributed by atoms with E-state index in [1.54, 1.807) is 19.1 Å². The first-order valence-corrected chi connectivity index (χ1v) is 5.68. The van der Waals surface area contributed by atoms with Gasteiger partial charge in [-0.05, 0) is 31.5 Å². The molecule has 0 fully saturated rings. The van der Waals surface area contributed by atoms with E-state index in [4.69, 9.17) is 10.00 Å². The molecule has 94 valence electrons. The van der Waals surface area contributed by atoms with Gasteiger partial charge < -0.3 is 10.1 Å². The lowest BCUT2D eigenvalue weighted by Gasteiger charge is -2.11. The van der Waals surface area contributed by atoms with E-state index in [-0.39, 0.29) is 0 Å². The zero-order chi connectivity index (χ0) is 13.5. The summed E-state index contributed by atoms with van der Waals surface area (Å²) in [6, 6.07) is 7.42. The SMILES string of the molecule is C=C(CNc1cc(C#N)ccc1C)C(=O)OCC. The van der Waals surface area contributed by atoms with E-state index >= 15 is 0 Å². The Labute approximate surface area is 107 Å². The zero-order valence-corrected chi connectivity index (χ0v) is 10.6. The van der Waals surface area contributed by atoms with Crippen molar-refractivity contribution >= 4 is 11.7 Å². The van der Waals surface area contributed by atoms with Gasteiger partial charge in [-0.25, -0.2) is 4.79 Å². The lowest BCUT2D eigenvalue weighted by atomic mass is 10.1. The van der Waals surface area contributed by atoms with Crippen molar-refractivity contribution in [3.8, 4) is 6.07 Å². The number of nitriles is 1. The fourth-order valence-electron chi connectivity index (χ4n) is 1.39. The highest BCUT2D eigenvalue weighted by Crippen LogP contribution is 2.16. The van der Waals surface area contributed by atoms with Crippen LogP contribution in [-0.4, -0.2) is 19.1 Å². The standard InChI is InChI=1S/C14H16N2O2/c1-4-18-14(17)11(3)9-16-13-7-12(8-15)6-5-10(13)2/h5-7,16H,3-4,9H2,1-2H3. The van der Waals surface area contributed by atoms with Crippen LogP contribution in [0.5, 0.6) is 0 Å². The maximum atomic E-state index is 11.4. The number of benzene rings is 1. The topological polar surface area (TPSA) is 62.1 Å². The highest BCUT2D eigenvalue weighted by molar-refractivity contribution is 5.88. The smallest absolute Gasteiger partial charge is 0.335 e. The van der Waals surface area contributed by atoms with Gasteiger partial charge in [0.1, 0.15) is 0 Å². The van der Waals surface area contributed by atoms with E-state index in [0.29, 0.717) is 24.3 Å². The Hall–Kier alpha value is -2.28. The molecule has 0 aromatic heterocycles. The fourth-order valence-corrected chi connectivity index (χ4v) is 1.39. The van der Waals surface area contributed by atoms with E-state index in [9.17, 15) is 4.79 Å². The zero-order valence-electron chi connectivity index (χ0n) is 10.6. The molecule has 0 aliphatic heterocycles. The van der Waals surface area contributed by atoms with Crippen molar-refractivity contribution in [3.05, 3.63) is 41.5 Å². The average Bonchev–Trinajstić information content (AvgIpc) is 2.37. The first-order valence-electron chi connectivity index (χ1n) is 5.68. The second-order valence-electron chi connectivity index (χ2n) is 3.82. The van der Waals surface area contributed by atoms with Gasteiger partial charge in [0, 0.05) is 17.8 Å². The number of hydrogen-bond acceptors (Lipinski definition) is 4. The first kappa shape index (κ1) is 13.8. The van der Waals surface area contributed by atoms with Crippen LogP contribution in [0.3, 0.4) is 0 Å². The number of rotatable bonds is 5. The molecule has 1 N–H and O–H groups in total. The van der Waals surface area contributed by atoms with Crippen molar-refractivity contribution in [2.45, 2.75) is 13.8 Å². The van der Waals surface area contributed by atoms with Crippen molar-refractivity contribution in [1.82, 2.24) is 0 Å². The fraction of sp³-hybridized carbons (Fsp3) is 0.286. The summed E-state index contributed by atoms with van der Waals surface area (Å²) in [7, 11) is 0. The minimum absolute atomic E-state index is 0.300. The molecular formula is C14H16N2O2. The predicted molar refractivity (Wildman–Crippen MR) is 70.2 cm³/mol. The number of nitrogens with zero attached hydrogens (tertiary/aromatic N) is 1. The Bertz CT molecular complexity index is 501. The highest BCUT2D eigenvalue weighted by Gasteiger charge is 2.08. The summed E-state index contributed by atoms with van der Waals surface area (Å²) in [6.45, 7) is 7.97. The molecule has 1 rings (SSSR count). The van der Waals surface area contributed by atoms with E-state index in [2.05, 4.69) is 18.0 Å². The second-order valence-corrected chi connectivity index (χ2v) is 3.82. The Balaban J connectivity index is 2.66. The number of carbonyl (C=O) groups is 1. The summed E-state index contributed by atoms with van der Waals surface area (Å²) in [5.41, 5.74) is 2.76. The largest absolute Gasteiger partial charge is 0.463 e. The summed E-state index contributed by atoms with van der Waals surface area (Å²) in [5, 5.41) is 11.9. The molecule has 4 nitrogen and oxygen atoms in total. The minimum atomic E-state index is -0.404. The predicted octanol–water partition coefficient (Wildman–Crippen LogP) is 2.40. The van der Waals surface area contributed by atoms with Crippen LogP contribution in [0.4, 0.5) is 5.69 Å². The van der Waals surface area contributed by atoms with Gasteiger partial charge >= 0.3 is 5.97 Å². The van der Waals surface area contributed by atoms with Crippen LogP contribution < -0.4 is 5.32 Å². The van der Waals surface area contributed by atoms with Crippen molar-refractivity contribution < 1.29 is 9.53 Å². The van der Waals surface area contributed by atoms with Crippen LogP contribution in [0, 0.1) is 18.3 Å². The van der Waals surface area contributed by atoms with Crippen LogP contribution in [0.2, 0.25) is 0 Å². The molecule has 1 aromatic carbocycles. The number of esters is 1. The minimum Gasteiger partial charge on any atom is -0.463 e. The van der Waals surface area contributed by atoms with Crippen LogP contribution in [0.1, 0.15) is 18.1 Å². The molecule has 0 aliphatic rings. The summed E-state index contributed by atoms with van der Waals surface area (Å²) in [5.74, 6) is -0.404. The highest BCUT2D eigenvalue weighted by atomic mass is 16.5. The molecule has 0 saturated heterocycles. The molecule has 0 spiro atoms. The van der Waals surface area contributed by atoms with Gasteiger partial charge in [0.15, 0.2) is 0 Å². The second kappa shape index (κ2) is 6.45. The Morgan fingerprint density at radius 2 is 2.28 bits per heavy atom. The molecule has 0 aliphatic carbocycles. The quantitative estimate of drug-likeness (QED) is 0.638. The van der Waals surface area contributed by atoms with Gasteiger partial charge in [-0.3, -0.25) is 0 Å². The third kappa shape index (κ3) is 3.63. The maximum Gasteiger partial charge on any atom is 0.335 e. The molecule has 0 atom stereocenters. The lowest BCUT2D eigenvalue weighted by Crippen LogP contribution is -2.15. The first-order chi connectivity index (χ1) is 8.58. The van der Waals surface area contributed by atoms with Gasteiger partial charge in [-0.1, -0.05) is 12.6 Å². The van der Waals surface area contributed by atoms with Crippen molar-refractivity contribution in [2.75, 3.05) is 18.5 Å². The summed E-state index contributed by atoms with van der Waals surface area (Å²) in [6.07, 6.45) is 0. The van der Waals surface area contributed by atoms with E-state index < -0.39 is 5.97 Å². The Morgan fingerprint density at radius 1 is 1.56 bits per heavy atom. The van der Waals surface area contributed by atoms with E-state index in [1.807, 2.05) is 13.0 Å². The maximum absolute atomic E-state index is 11.4. The van der Waals surface area contributed by atoms with Gasteiger partial charge in [0.2, 0.25) is 0 Å². The van der Waals surface area contributed by atoms with Gasteiger partial charge in [0.05, 0.1) is 18.2 Å². The van der Waals surface area contributed by atoms with Crippen LogP contribution in [0.15, 0.2) is 30.4 Å². The number of anilines is 1. The van der Waals surface area contributed by atoms with Crippen molar-refractivity contribution in [1.29, 1.82) is 5.26 Å². The Morgan fingerprint density at radius 3 is 2.89 bits per heavy atom. The third-order valence-corrected chi connectivity index (χ3v) is 2.42.